The minimum Gasteiger partial charge on any atom is -0.276 e. The molecule has 2 aromatic carbocycles. The van der Waals surface area contributed by atoms with Crippen molar-refractivity contribution in [3.05, 3.63) is 70.8 Å². The molecule has 0 N–H and O–H groups in total. The van der Waals surface area contributed by atoms with E-state index in [2.05, 4.69) is 35.2 Å². The number of amides is 2. The molecule has 2 aliphatic rings. The van der Waals surface area contributed by atoms with E-state index >= 15 is 0 Å². The van der Waals surface area contributed by atoms with Crippen LogP contribution in [0, 0.1) is 11.3 Å². The molecule has 0 saturated carbocycles. The van der Waals surface area contributed by atoms with E-state index in [4.69, 9.17) is 5.26 Å². The van der Waals surface area contributed by atoms with Crippen molar-refractivity contribution in [2.24, 2.45) is 0 Å². The van der Waals surface area contributed by atoms with Gasteiger partial charge in [0.2, 0.25) is 0 Å². The molecule has 4 rings (SSSR count). The van der Waals surface area contributed by atoms with E-state index in [9.17, 15) is 9.59 Å². The average Bonchev–Trinajstić information content (AvgIpc) is 3.04. The van der Waals surface area contributed by atoms with Crippen LogP contribution in [0.4, 0.5) is 0 Å². The number of imide groups is 1. The third kappa shape index (κ3) is 3.53. The minimum atomic E-state index is -0.327. The Kier molecular flexibility index (Phi) is 5.96. The van der Waals surface area contributed by atoms with Gasteiger partial charge in [-0.3, -0.25) is 19.4 Å². The number of hydrogen-bond acceptors (Lipinski definition) is 4. The van der Waals surface area contributed by atoms with Crippen molar-refractivity contribution in [1.82, 2.24) is 9.80 Å². The van der Waals surface area contributed by atoms with E-state index in [0.717, 1.165) is 25.7 Å². The first-order valence-electron chi connectivity index (χ1n) is 10.8. The summed E-state index contributed by atoms with van der Waals surface area (Å²) in [6, 6.07) is 17.9. The van der Waals surface area contributed by atoms with E-state index in [-0.39, 0.29) is 24.0 Å². The summed E-state index contributed by atoms with van der Waals surface area (Å²) in [5.41, 5.74) is 3.61. The molecule has 1 heterocycles. The largest absolute Gasteiger partial charge is 0.276 e. The second kappa shape index (κ2) is 8.81. The molecular formula is C25H27N3O2. The molecule has 2 atom stereocenters. The molecule has 0 bridgehead atoms. The number of fused-ring (bicyclic) bond motifs is 2. The van der Waals surface area contributed by atoms with Gasteiger partial charge in [0.1, 0.15) is 0 Å². The van der Waals surface area contributed by atoms with Crippen LogP contribution in [0.5, 0.6) is 0 Å². The summed E-state index contributed by atoms with van der Waals surface area (Å²) in [5, 5.41) is 9.07. The Hall–Kier alpha value is -2.97. The van der Waals surface area contributed by atoms with E-state index in [0.29, 0.717) is 30.5 Å². The van der Waals surface area contributed by atoms with Crippen molar-refractivity contribution in [3.8, 4) is 6.07 Å². The van der Waals surface area contributed by atoms with Crippen LogP contribution in [0.1, 0.15) is 76.9 Å². The van der Waals surface area contributed by atoms with Gasteiger partial charge in [-0.2, -0.15) is 5.26 Å². The Morgan fingerprint density at radius 1 is 1.10 bits per heavy atom. The second-order valence-corrected chi connectivity index (χ2v) is 8.02. The number of carbonyl (C=O) groups is 2. The fourth-order valence-corrected chi connectivity index (χ4v) is 4.97. The summed E-state index contributed by atoms with van der Waals surface area (Å²) in [6.45, 7) is 2.71. The minimum absolute atomic E-state index is 0.142. The maximum atomic E-state index is 13.2. The van der Waals surface area contributed by atoms with Crippen LogP contribution in [0.2, 0.25) is 0 Å². The van der Waals surface area contributed by atoms with Gasteiger partial charge in [-0.1, -0.05) is 43.3 Å². The Balaban J connectivity index is 1.71. The summed E-state index contributed by atoms with van der Waals surface area (Å²) >= 11 is 0. The van der Waals surface area contributed by atoms with Gasteiger partial charge in [0.25, 0.3) is 11.8 Å². The highest BCUT2D eigenvalue weighted by atomic mass is 16.2. The van der Waals surface area contributed by atoms with E-state index in [1.807, 2.05) is 6.92 Å². The summed E-state index contributed by atoms with van der Waals surface area (Å²) in [4.78, 5) is 30.1. The predicted molar refractivity (Wildman–Crippen MR) is 115 cm³/mol. The number of hydrogen-bond donors (Lipinski definition) is 0. The summed E-state index contributed by atoms with van der Waals surface area (Å²) < 4.78 is 0. The van der Waals surface area contributed by atoms with Gasteiger partial charge < -0.3 is 0 Å². The topological polar surface area (TPSA) is 64.4 Å². The first-order chi connectivity index (χ1) is 14.7. The number of unbranched alkanes of at least 4 members (excludes halogenated alkanes) is 1. The lowest BCUT2D eigenvalue weighted by molar-refractivity contribution is 0.0108. The third-order valence-electron chi connectivity index (χ3n) is 6.31. The fraction of sp³-hybridized carbons (Fsp3) is 0.400. The number of nitriles is 1. The number of benzene rings is 2. The van der Waals surface area contributed by atoms with Crippen LogP contribution < -0.4 is 0 Å². The molecule has 2 aromatic rings. The van der Waals surface area contributed by atoms with E-state index < -0.39 is 0 Å². The summed E-state index contributed by atoms with van der Waals surface area (Å²) in [6.07, 6.45) is 4.63. The lowest BCUT2D eigenvalue weighted by Crippen LogP contribution is -2.52. The van der Waals surface area contributed by atoms with Gasteiger partial charge in [-0.25, -0.2) is 0 Å². The second-order valence-electron chi connectivity index (χ2n) is 8.02. The Labute approximate surface area is 177 Å². The van der Waals surface area contributed by atoms with Crippen LogP contribution in [0.3, 0.4) is 0 Å². The van der Waals surface area contributed by atoms with Crippen molar-refractivity contribution in [3.63, 3.8) is 0 Å². The van der Waals surface area contributed by atoms with Crippen LogP contribution in [-0.2, 0) is 6.42 Å². The first kappa shape index (κ1) is 20.3. The van der Waals surface area contributed by atoms with E-state index in [1.54, 1.807) is 24.3 Å². The van der Waals surface area contributed by atoms with Gasteiger partial charge in [0.15, 0.2) is 0 Å². The maximum absolute atomic E-state index is 13.2. The molecule has 30 heavy (non-hydrogen) atoms. The predicted octanol–water partition coefficient (Wildman–Crippen LogP) is 4.70. The molecular weight excluding hydrogens is 374 g/mol. The van der Waals surface area contributed by atoms with Crippen molar-refractivity contribution in [2.45, 2.75) is 57.7 Å². The zero-order chi connectivity index (χ0) is 21.1. The third-order valence-corrected chi connectivity index (χ3v) is 6.31. The molecule has 2 unspecified atom stereocenters. The first-order valence-corrected chi connectivity index (χ1v) is 10.8. The highest BCUT2D eigenvalue weighted by Gasteiger charge is 2.43. The molecule has 2 amide bonds. The molecule has 0 saturated heterocycles. The molecule has 5 heteroatoms. The van der Waals surface area contributed by atoms with Gasteiger partial charge in [0.05, 0.1) is 23.4 Å². The number of carbonyl (C=O) groups excluding carboxylic acids is 2. The molecule has 154 valence electrons. The van der Waals surface area contributed by atoms with Gasteiger partial charge in [0, 0.05) is 19.0 Å². The normalized spacial score (nSPS) is 18.8. The lowest BCUT2D eigenvalue weighted by Gasteiger charge is -2.43. The van der Waals surface area contributed by atoms with Crippen LogP contribution in [-0.4, -0.2) is 34.3 Å². The van der Waals surface area contributed by atoms with Crippen molar-refractivity contribution < 1.29 is 9.59 Å². The zero-order valence-electron chi connectivity index (χ0n) is 17.4. The molecule has 0 spiro atoms. The molecule has 0 radical (unpaired) electrons. The quantitative estimate of drug-likeness (QED) is 0.498. The van der Waals surface area contributed by atoms with E-state index in [1.165, 1.54) is 16.0 Å². The molecule has 0 aromatic heterocycles. The highest BCUT2D eigenvalue weighted by molar-refractivity contribution is 6.21. The van der Waals surface area contributed by atoms with Crippen molar-refractivity contribution in [1.29, 1.82) is 5.26 Å². The Bertz CT molecular complexity index is 959. The lowest BCUT2D eigenvalue weighted by atomic mass is 9.86. The van der Waals surface area contributed by atoms with Crippen molar-refractivity contribution in [2.75, 3.05) is 6.54 Å². The molecule has 0 fully saturated rings. The van der Waals surface area contributed by atoms with Crippen molar-refractivity contribution >= 4 is 11.8 Å². The number of nitrogens with zero attached hydrogens (tertiary/aromatic N) is 3. The van der Waals surface area contributed by atoms with Gasteiger partial charge >= 0.3 is 0 Å². The van der Waals surface area contributed by atoms with Crippen LogP contribution >= 0.6 is 0 Å². The summed E-state index contributed by atoms with van der Waals surface area (Å²) in [5.74, 6) is -0.423. The number of aryl methyl sites for hydroxylation is 1. The smallest absolute Gasteiger partial charge is 0.262 e. The molecule has 1 aliphatic carbocycles. The molecule has 5 nitrogen and oxygen atoms in total. The monoisotopic (exact) mass is 401 g/mol. The average molecular weight is 402 g/mol. The van der Waals surface area contributed by atoms with Gasteiger partial charge in [-0.05, 0) is 55.4 Å². The van der Waals surface area contributed by atoms with Gasteiger partial charge in [-0.15, -0.1) is 0 Å². The molecule has 1 aliphatic heterocycles. The SMILES string of the molecule is CCC(N1C(=O)c2ccccc2C1=O)N(CCCC#N)C1CCCc2ccccc21. The van der Waals surface area contributed by atoms with Crippen LogP contribution in [0.25, 0.3) is 0 Å². The summed E-state index contributed by atoms with van der Waals surface area (Å²) in [7, 11) is 0. The maximum Gasteiger partial charge on any atom is 0.262 e. The Morgan fingerprint density at radius 3 is 2.43 bits per heavy atom. The fourth-order valence-electron chi connectivity index (χ4n) is 4.97. The number of rotatable bonds is 7. The zero-order valence-corrected chi connectivity index (χ0v) is 17.4. The standard InChI is InChI=1S/C25H27N3O2/c1-2-23(28-24(29)20-13-5-6-14-21(20)25(28)30)27(17-8-7-16-26)22-15-9-11-18-10-3-4-12-19(18)22/h3-6,10,12-14,22-23H,2,7-9,11,15,17H2,1H3. The Morgan fingerprint density at radius 2 is 1.77 bits per heavy atom. The highest BCUT2D eigenvalue weighted by Crippen LogP contribution is 2.38. The van der Waals surface area contributed by atoms with Crippen LogP contribution in [0.15, 0.2) is 48.5 Å².